The van der Waals surface area contributed by atoms with E-state index in [1.807, 2.05) is 0 Å². The highest BCUT2D eigenvalue weighted by atomic mass is 15.0. The van der Waals surface area contributed by atoms with Crippen molar-refractivity contribution >= 4 is 0 Å². The molecule has 0 aliphatic heterocycles. The lowest BCUT2D eigenvalue weighted by atomic mass is 9.97. The summed E-state index contributed by atoms with van der Waals surface area (Å²) in [5, 5.41) is 3.48. The Balaban J connectivity index is 2.38. The Kier molecular flexibility index (Phi) is 3.76. The van der Waals surface area contributed by atoms with E-state index in [0.717, 1.165) is 19.6 Å². The molecule has 0 bridgehead atoms. The van der Waals surface area contributed by atoms with E-state index in [1.54, 1.807) is 0 Å². The molecule has 0 aliphatic carbocycles. The van der Waals surface area contributed by atoms with Crippen LogP contribution in [-0.2, 0) is 13.1 Å². The van der Waals surface area contributed by atoms with Gasteiger partial charge in [-0.05, 0) is 24.5 Å². The van der Waals surface area contributed by atoms with Gasteiger partial charge in [0.1, 0.15) is 0 Å². The lowest BCUT2D eigenvalue weighted by molar-refractivity contribution is 0.376. The van der Waals surface area contributed by atoms with Crippen LogP contribution in [0.15, 0.2) is 18.3 Å². The van der Waals surface area contributed by atoms with Crippen LogP contribution in [0.1, 0.15) is 33.4 Å². The monoisotopic (exact) mass is 194 g/mol. The minimum absolute atomic E-state index is 0.365. The summed E-state index contributed by atoms with van der Waals surface area (Å²) in [6.45, 7) is 12.0. The second-order valence-corrected chi connectivity index (χ2v) is 4.95. The Bertz CT molecular complexity index is 268. The summed E-state index contributed by atoms with van der Waals surface area (Å²) < 4.78 is 2.27. The predicted molar refractivity (Wildman–Crippen MR) is 61.3 cm³/mol. The van der Waals surface area contributed by atoms with E-state index in [4.69, 9.17) is 0 Å². The van der Waals surface area contributed by atoms with Gasteiger partial charge >= 0.3 is 0 Å². The van der Waals surface area contributed by atoms with Crippen LogP contribution in [0.25, 0.3) is 0 Å². The van der Waals surface area contributed by atoms with Crippen LogP contribution in [-0.4, -0.2) is 11.1 Å². The van der Waals surface area contributed by atoms with Gasteiger partial charge in [0.15, 0.2) is 0 Å². The van der Waals surface area contributed by atoms with Gasteiger partial charge < -0.3 is 9.88 Å². The molecular formula is C12H22N2. The Hall–Kier alpha value is -0.760. The first-order valence-electron chi connectivity index (χ1n) is 5.37. The zero-order valence-corrected chi connectivity index (χ0v) is 9.80. The van der Waals surface area contributed by atoms with Gasteiger partial charge in [-0.15, -0.1) is 0 Å². The highest BCUT2D eigenvalue weighted by Gasteiger charge is 2.09. The summed E-state index contributed by atoms with van der Waals surface area (Å²) in [6, 6.07) is 4.29. The molecule has 0 radical (unpaired) electrons. The lowest BCUT2D eigenvalue weighted by Gasteiger charge is -2.19. The Labute approximate surface area is 87.3 Å². The fraction of sp³-hybridized carbons (Fsp3) is 0.667. The maximum atomic E-state index is 3.48. The van der Waals surface area contributed by atoms with Crippen molar-refractivity contribution in [2.24, 2.45) is 5.41 Å². The number of hydrogen-bond donors (Lipinski definition) is 1. The number of aryl methyl sites for hydroxylation is 1. The summed E-state index contributed by atoms with van der Waals surface area (Å²) in [5.41, 5.74) is 1.74. The van der Waals surface area contributed by atoms with Gasteiger partial charge in [-0.2, -0.15) is 0 Å². The smallest absolute Gasteiger partial charge is 0.0359 e. The normalized spacial score (nSPS) is 12.0. The van der Waals surface area contributed by atoms with Crippen LogP contribution in [0.2, 0.25) is 0 Å². The van der Waals surface area contributed by atoms with E-state index in [1.165, 1.54) is 5.69 Å². The molecule has 0 saturated carbocycles. The minimum atomic E-state index is 0.365. The van der Waals surface area contributed by atoms with Crippen molar-refractivity contribution in [3.05, 3.63) is 24.0 Å². The third-order valence-corrected chi connectivity index (χ3v) is 2.23. The molecule has 1 aromatic heterocycles. The van der Waals surface area contributed by atoms with Crippen LogP contribution >= 0.6 is 0 Å². The summed E-state index contributed by atoms with van der Waals surface area (Å²) in [7, 11) is 0. The van der Waals surface area contributed by atoms with Crippen molar-refractivity contribution in [3.63, 3.8) is 0 Å². The highest BCUT2D eigenvalue weighted by molar-refractivity contribution is 5.06. The first-order chi connectivity index (χ1) is 6.53. The van der Waals surface area contributed by atoms with Gasteiger partial charge in [0.05, 0.1) is 0 Å². The molecule has 0 fully saturated rings. The van der Waals surface area contributed by atoms with Gasteiger partial charge in [0.2, 0.25) is 0 Å². The average Bonchev–Trinajstić information content (AvgIpc) is 2.49. The summed E-state index contributed by atoms with van der Waals surface area (Å²) in [5.74, 6) is 0. The third kappa shape index (κ3) is 3.54. The largest absolute Gasteiger partial charge is 0.351 e. The molecule has 0 amide bonds. The maximum Gasteiger partial charge on any atom is 0.0359 e. The highest BCUT2D eigenvalue weighted by Crippen LogP contribution is 2.11. The number of aromatic nitrogens is 1. The van der Waals surface area contributed by atoms with Crippen molar-refractivity contribution in [2.75, 3.05) is 6.54 Å². The van der Waals surface area contributed by atoms with E-state index >= 15 is 0 Å². The maximum absolute atomic E-state index is 3.48. The topological polar surface area (TPSA) is 17.0 Å². The molecule has 1 aromatic rings. The van der Waals surface area contributed by atoms with Gasteiger partial charge in [0.25, 0.3) is 0 Å². The van der Waals surface area contributed by atoms with E-state index in [2.05, 4.69) is 55.9 Å². The second-order valence-electron chi connectivity index (χ2n) is 4.95. The number of nitrogens with zero attached hydrogens (tertiary/aromatic N) is 1. The lowest BCUT2D eigenvalue weighted by Crippen LogP contribution is -2.27. The van der Waals surface area contributed by atoms with E-state index in [0.29, 0.717) is 5.41 Å². The van der Waals surface area contributed by atoms with Gasteiger partial charge in [0, 0.05) is 31.5 Å². The Morgan fingerprint density at radius 3 is 2.64 bits per heavy atom. The molecule has 0 saturated heterocycles. The van der Waals surface area contributed by atoms with Crippen LogP contribution in [0.3, 0.4) is 0 Å². The van der Waals surface area contributed by atoms with Crippen molar-refractivity contribution in [1.29, 1.82) is 0 Å². The average molecular weight is 194 g/mol. The van der Waals surface area contributed by atoms with Crippen LogP contribution in [0, 0.1) is 5.41 Å². The zero-order valence-electron chi connectivity index (χ0n) is 9.80. The molecule has 14 heavy (non-hydrogen) atoms. The zero-order chi connectivity index (χ0) is 10.6. The first kappa shape index (κ1) is 11.3. The molecule has 0 unspecified atom stereocenters. The molecular weight excluding hydrogens is 172 g/mol. The van der Waals surface area contributed by atoms with Gasteiger partial charge in [-0.3, -0.25) is 0 Å². The number of rotatable bonds is 4. The van der Waals surface area contributed by atoms with Gasteiger partial charge in [-0.1, -0.05) is 20.8 Å². The standard InChI is InChI=1S/C12H22N2/c1-5-14-8-6-7-11(14)9-13-10-12(2,3)4/h6-8,13H,5,9-10H2,1-4H3. The second kappa shape index (κ2) is 4.65. The molecule has 2 nitrogen and oxygen atoms in total. The Morgan fingerprint density at radius 1 is 1.36 bits per heavy atom. The van der Waals surface area contributed by atoms with Crippen LogP contribution < -0.4 is 5.32 Å². The molecule has 0 atom stereocenters. The SMILES string of the molecule is CCn1cccc1CNCC(C)(C)C. The molecule has 80 valence electrons. The Morgan fingerprint density at radius 2 is 2.07 bits per heavy atom. The molecule has 1 N–H and O–H groups in total. The summed E-state index contributed by atoms with van der Waals surface area (Å²) in [6.07, 6.45) is 2.13. The van der Waals surface area contributed by atoms with Gasteiger partial charge in [-0.25, -0.2) is 0 Å². The van der Waals surface area contributed by atoms with E-state index in [9.17, 15) is 0 Å². The fourth-order valence-electron chi connectivity index (χ4n) is 1.48. The predicted octanol–water partition coefficient (Wildman–Crippen LogP) is 2.64. The summed E-state index contributed by atoms with van der Waals surface area (Å²) in [4.78, 5) is 0. The molecule has 0 spiro atoms. The van der Waals surface area contributed by atoms with Crippen LogP contribution in [0.5, 0.6) is 0 Å². The van der Waals surface area contributed by atoms with Crippen molar-refractivity contribution < 1.29 is 0 Å². The molecule has 0 aliphatic rings. The van der Waals surface area contributed by atoms with E-state index < -0.39 is 0 Å². The molecule has 2 heteroatoms. The van der Waals surface area contributed by atoms with Crippen molar-refractivity contribution in [3.8, 4) is 0 Å². The van der Waals surface area contributed by atoms with E-state index in [-0.39, 0.29) is 0 Å². The van der Waals surface area contributed by atoms with Crippen molar-refractivity contribution in [2.45, 2.75) is 40.8 Å². The number of hydrogen-bond acceptors (Lipinski definition) is 1. The fourth-order valence-corrected chi connectivity index (χ4v) is 1.48. The quantitative estimate of drug-likeness (QED) is 0.779. The number of nitrogens with one attached hydrogen (secondary N) is 1. The van der Waals surface area contributed by atoms with Crippen molar-refractivity contribution in [1.82, 2.24) is 9.88 Å². The minimum Gasteiger partial charge on any atom is -0.351 e. The summed E-state index contributed by atoms with van der Waals surface area (Å²) >= 11 is 0. The van der Waals surface area contributed by atoms with Crippen LogP contribution in [0.4, 0.5) is 0 Å². The third-order valence-electron chi connectivity index (χ3n) is 2.23. The molecule has 0 aromatic carbocycles. The molecule has 1 rings (SSSR count). The first-order valence-corrected chi connectivity index (χ1v) is 5.37. The molecule has 1 heterocycles.